The van der Waals surface area contributed by atoms with Crippen molar-refractivity contribution in [3.05, 3.63) is 23.5 Å². The molecule has 2 heteroatoms. The van der Waals surface area contributed by atoms with Crippen molar-refractivity contribution >= 4 is 0 Å². The van der Waals surface area contributed by atoms with Crippen LogP contribution < -0.4 is 0 Å². The molecule has 0 unspecified atom stereocenters. The predicted octanol–water partition coefficient (Wildman–Crippen LogP) is 3.77. The first-order valence-electron chi connectivity index (χ1n) is 4.85. The van der Waals surface area contributed by atoms with Gasteiger partial charge in [0.2, 0.25) is 0 Å². The van der Waals surface area contributed by atoms with Gasteiger partial charge in [-0.05, 0) is 18.4 Å². The lowest BCUT2D eigenvalue weighted by molar-refractivity contribution is 0.361. The molecule has 0 aliphatic carbocycles. The van der Waals surface area contributed by atoms with E-state index in [4.69, 9.17) is 10.00 Å². The van der Waals surface area contributed by atoms with E-state index < -0.39 is 0 Å². The second-order valence-corrected chi connectivity index (χ2v) is 4.28. The van der Waals surface area contributed by atoms with Crippen LogP contribution in [0.3, 0.4) is 0 Å². The van der Waals surface area contributed by atoms with Crippen LogP contribution in [0.5, 0.6) is 0 Å². The molecule has 14 heavy (non-hydrogen) atoms. The van der Waals surface area contributed by atoms with E-state index in [1.54, 1.807) is 6.26 Å². The third-order valence-corrected chi connectivity index (χ3v) is 2.23. The Hall–Kier alpha value is -1.23. The summed E-state index contributed by atoms with van der Waals surface area (Å²) in [5.41, 5.74) is 1.44. The molecule has 78 valence electrons. The smallest absolute Gasteiger partial charge is 0.291 e. The minimum absolute atomic E-state index is 0.169. The summed E-state index contributed by atoms with van der Waals surface area (Å²) in [7, 11) is 0. The fraction of sp³-hybridized carbons (Fsp3) is 0.583. The molecule has 0 radical (unpaired) electrons. The summed E-state index contributed by atoms with van der Waals surface area (Å²) in [5, 5.41) is 8.36. The van der Waals surface area contributed by atoms with Crippen molar-refractivity contribution < 1.29 is 4.74 Å². The first-order valence-corrected chi connectivity index (χ1v) is 4.85. The Kier molecular flexibility index (Phi) is 5.01. The topological polar surface area (TPSA) is 33.0 Å². The Balaban J connectivity index is 4.60. The zero-order valence-corrected chi connectivity index (χ0v) is 9.72. The fourth-order valence-corrected chi connectivity index (χ4v) is 0.751. The summed E-state index contributed by atoms with van der Waals surface area (Å²) < 4.78 is 4.78. The Bertz CT molecular complexity index is 274. The second kappa shape index (κ2) is 5.49. The number of allylic oxidation sites excluding steroid dienone is 4. The van der Waals surface area contributed by atoms with E-state index in [0.29, 0.717) is 5.76 Å². The summed E-state index contributed by atoms with van der Waals surface area (Å²) in [6.07, 6.45) is 6.30. The summed E-state index contributed by atoms with van der Waals surface area (Å²) in [6, 6.07) is 0. The molecule has 0 aliphatic heterocycles. The molecule has 0 bridgehead atoms. The average Bonchev–Trinajstić information content (AvgIpc) is 2.10. The lowest BCUT2D eigenvalue weighted by atomic mass is 9.87. The molecule has 0 saturated heterocycles. The van der Waals surface area contributed by atoms with Crippen LogP contribution in [-0.2, 0) is 4.74 Å². The van der Waals surface area contributed by atoms with E-state index in [1.165, 1.54) is 5.57 Å². The monoisotopic (exact) mass is 193 g/mol. The maximum atomic E-state index is 8.36. The number of nitrogens with zero attached hydrogens (tertiary/aromatic N) is 1. The molecule has 0 aromatic heterocycles. The molecule has 0 rings (SSSR count). The Morgan fingerprint density at radius 3 is 2.29 bits per heavy atom. The molecule has 0 spiro atoms. The van der Waals surface area contributed by atoms with Crippen LogP contribution in [0, 0.1) is 16.9 Å². The zero-order valence-electron chi connectivity index (χ0n) is 9.72. The summed E-state index contributed by atoms with van der Waals surface area (Å²) in [6.45, 7) is 10.5. The molecule has 0 atom stereocenters. The Morgan fingerprint density at radius 1 is 1.36 bits per heavy atom. The lowest BCUT2D eigenvalue weighted by Crippen LogP contribution is -2.05. The molecule has 0 saturated carbocycles. The van der Waals surface area contributed by atoms with Crippen molar-refractivity contribution in [2.24, 2.45) is 5.41 Å². The predicted molar refractivity (Wildman–Crippen MR) is 58.3 cm³/mol. The van der Waals surface area contributed by atoms with Crippen molar-refractivity contribution in [2.45, 2.75) is 41.0 Å². The van der Waals surface area contributed by atoms with Gasteiger partial charge in [0.1, 0.15) is 5.76 Å². The number of ether oxygens (including phenoxy) is 1. The van der Waals surface area contributed by atoms with Crippen LogP contribution in [0.15, 0.2) is 23.5 Å². The molecular formula is C12H19NO. The standard InChI is InChI=1S/C12H19NO/c1-6-11(14-9-13)8-7-10(2)12(3,4)5/h7-8H,6H2,1-5H3/b10-7+,11-8+. The van der Waals surface area contributed by atoms with Crippen LogP contribution in [0.4, 0.5) is 0 Å². The van der Waals surface area contributed by atoms with Crippen molar-refractivity contribution in [1.82, 2.24) is 0 Å². The molecule has 0 heterocycles. The van der Waals surface area contributed by atoms with Gasteiger partial charge in [-0.3, -0.25) is 0 Å². The van der Waals surface area contributed by atoms with E-state index >= 15 is 0 Å². The van der Waals surface area contributed by atoms with Crippen molar-refractivity contribution in [3.8, 4) is 6.26 Å². The SMILES string of the molecule is CC/C(=C\C=C(/C)C(C)(C)C)OC#N. The maximum Gasteiger partial charge on any atom is 0.291 e. The van der Waals surface area contributed by atoms with Crippen LogP contribution in [0.2, 0.25) is 0 Å². The molecule has 0 fully saturated rings. The van der Waals surface area contributed by atoms with Gasteiger partial charge < -0.3 is 4.74 Å². The largest absolute Gasteiger partial charge is 0.393 e. The van der Waals surface area contributed by atoms with Crippen LogP contribution in [0.1, 0.15) is 41.0 Å². The highest BCUT2D eigenvalue weighted by atomic mass is 16.5. The lowest BCUT2D eigenvalue weighted by Gasteiger charge is -2.18. The minimum Gasteiger partial charge on any atom is -0.393 e. The van der Waals surface area contributed by atoms with Crippen LogP contribution in [-0.4, -0.2) is 0 Å². The normalized spacial score (nSPS) is 13.7. The maximum absolute atomic E-state index is 8.36. The first kappa shape index (κ1) is 12.8. The summed E-state index contributed by atoms with van der Waals surface area (Å²) in [4.78, 5) is 0. The third-order valence-electron chi connectivity index (χ3n) is 2.23. The van der Waals surface area contributed by atoms with E-state index in [2.05, 4.69) is 27.7 Å². The third kappa shape index (κ3) is 4.71. The molecule has 2 nitrogen and oxygen atoms in total. The van der Waals surface area contributed by atoms with Gasteiger partial charge in [-0.1, -0.05) is 39.3 Å². The quantitative estimate of drug-likeness (QED) is 0.388. The van der Waals surface area contributed by atoms with Gasteiger partial charge in [-0.25, -0.2) is 0 Å². The Labute approximate surface area is 86.9 Å². The van der Waals surface area contributed by atoms with Crippen LogP contribution in [0.25, 0.3) is 0 Å². The number of rotatable bonds is 3. The summed E-state index contributed by atoms with van der Waals surface area (Å²) >= 11 is 0. The van der Waals surface area contributed by atoms with Crippen LogP contribution >= 0.6 is 0 Å². The number of nitriles is 1. The van der Waals surface area contributed by atoms with Gasteiger partial charge in [0.25, 0.3) is 6.26 Å². The van der Waals surface area contributed by atoms with E-state index in [0.717, 1.165) is 6.42 Å². The van der Waals surface area contributed by atoms with Crippen molar-refractivity contribution in [2.75, 3.05) is 0 Å². The average molecular weight is 193 g/mol. The molecular weight excluding hydrogens is 174 g/mol. The van der Waals surface area contributed by atoms with Gasteiger partial charge >= 0.3 is 0 Å². The Morgan fingerprint density at radius 2 is 1.93 bits per heavy atom. The highest BCUT2D eigenvalue weighted by Gasteiger charge is 2.11. The highest BCUT2D eigenvalue weighted by molar-refractivity contribution is 5.18. The molecule has 0 N–H and O–H groups in total. The van der Waals surface area contributed by atoms with Gasteiger partial charge in [0, 0.05) is 6.42 Å². The molecule has 0 aromatic carbocycles. The van der Waals surface area contributed by atoms with Gasteiger partial charge in [-0.15, -0.1) is 5.26 Å². The highest BCUT2D eigenvalue weighted by Crippen LogP contribution is 2.24. The van der Waals surface area contributed by atoms with E-state index in [1.807, 2.05) is 19.1 Å². The first-order chi connectivity index (χ1) is 6.41. The van der Waals surface area contributed by atoms with Gasteiger partial charge in [0.15, 0.2) is 0 Å². The molecule has 0 amide bonds. The second-order valence-electron chi connectivity index (χ2n) is 4.28. The molecule has 0 aromatic rings. The van der Waals surface area contributed by atoms with Crippen molar-refractivity contribution in [3.63, 3.8) is 0 Å². The molecule has 0 aliphatic rings. The number of hydrogen-bond donors (Lipinski definition) is 0. The van der Waals surface area contributed by atoms with E-state index in [9.17, 15) is 0 Å². The zero-order chi connectivity index (χ0) is 11.2. The fourth-order valence-electron chi connectivity index (χ4n) is 0.751. The van der Waals surface area contributed by atoms with E-state index in [-0.39, 0.29) is 5.41 Å². The minimum atomic E-state index is 0.169. The van der Waals surface area contributed by atoms with Gasteiger partial charge in [-0.2, -0.15) is 0 Å². The van der Waals surface area contributed by atoms with Gasteiger partial charge in [0.05, 0.1) is 0 Å². The summed E-state index contributed by atoms with van der Waals surface area (Å²) in [5.74, 6) is 0.705. The van der Waals surface area contributed by atoms with Crippen molar-refractivity contribution in [1.29, 1.82) is 5.26 Å². The number of hydrogen-bond acceptors (Lipinski definition) is 2.